The molecule has 0 atom stereocenters. The van der Waals surface area contributed by atoms with Crippen LogP contribution in [0.2, 0.25) is 0 Å². The molecule has 1 aromatic carbocycles. The summed E-state index contributed by atoms with van der Waals surface area (Å²) in [6.07, 6.45) is 1.89. The van der Waals surface area contributed by atoms with Gasteiger partial charge in [0.05, 0.1) is 0 Å². The monoisotopic (exact) mass is 203 g/mol. The number of benzene rings is 1. The van der Waals surface area contributed by atoms with Gasteiger partial charge in [-0.1, -0.05) is 29.8 Å². The largest absolute Gasteiger partial charge is 0.330 e. The summed E-state index contributed by atoms with van der Waals surface area (Å²) in [5.74, 6) is 0. The molecule has 0 saturated carbocycles. The predicted octanol–water partition coefficient (Wildman–Crippen LogP) is 3.06. The summed E-state index contributed by atoms with van der Waals surface area (Å²) >= 11 is 0. The van der Waals surface area contributed by atoms with E-state index in [1.807, 2.05) is 0 Å². The van der Waals surface area contributed by atoms with Gasteiger partial charge in [-0.25, -0.2) is 0 Å². The van der Waals surface area contributed by atoms with Crippen LogP contribution in [0.1, 0.15) is 28.7 Å². The van der Waals surface area contributed by atoms with Crippen molar-refractivity contribution in [2.24, 2.45) is 5.73 Å². The highest BCUT2D eigenvalue weighted by molar-refractivity contribution is 5.39. The van der Waals surface area contributed by atoms with Crippen molar-refractivity contribution in [3.05, 3.63) is 46.5 Å². The third-order valence-corrected chi connectivity index (χ3v) is 2.77. The second-order valence-electron chi connectivity index (χ2n) is 4.34. The van der Waals surface area contributed by atoms with Crippen LogP contribution in [-0.4, -0.2) is 6.54 Å². The first-order chi connectivity index (χ1) is 7.04. The first-order valence-electron chi connectivity index (χ1n) is 5.48. The molecule has 0 saturated heterocycles. The molecule has 0 heterocycles. The lowest BCUT2D eigenvalue weighted by Crippen LogP contribution is -2.03. The fourth-order valence-corrected chi connectivity index (χ4v) is 2.03. The van der Waals surface area contributed by atoms with Gasteiger partial charge in [-0.2, -0.15) is 0 Å². The van der Waals surface area contributed by atoms with E-state index in [0.29, 0.717) is 6.54 Å². The lowest BCUT2D eigenvalue weighted by Gasteiger charge is -2.12. The predicted molar refractivity (Wildman–Crippen MR) is 67.2 cm³/mol. The van der Waals surface area contributed by atoms with Gasteiger partial charge in [0.15, 0.2) is 0 Å². The fraction of sp³-hybridized carbons (Fsp3) is 0.429. The van der Waals surface area contributed by atoms with Gasteiger partial charge < -0.3 is 5.73 Å². The highest BCUT2D eigenvalue weighted by Crippen LogP contribution is 2.20. The summed E-state index contributed by atoms with van der Waals surface area (Å²) in [4.78, 5) is 0. The molecule has 0 amide bonds. The number of hydrogen-bond donors (Lipinski definition) is 1. The number of aryl methyl sites for hydroxylation is 3. The summed E-state index contributed by atoms with van der Waals surface area (Å²) in [6.45, 7) is 11.2. The van der Waals surface area contributed by atoms with Crippen molar-refractivity contribution in [2.75, 3.05) is 6.54 Å². The van der Waals surface area contributed by atoms with Crippen LogP contribution in [0.15, 0.2) is 24.3 Å². The van der Waals surface area contributed by atoms with Crippen LogP contribution in [0.25, 0.3) is 0 Å². The quantitative estimate of drug-likeness (QED) is 0.748. The molecule has 0 aliphatic rings. The third-order valence-electron chi connectivity index (χ3n) is 2.77. The molecule has 1 aromatic rings. The Bertz CT molecular complexity index is 341. The zero-order valence-corrected chi connectivity index (χ0v) is 10.1. The van der Waals surface area contributed by atoms with Gasteiger partial charge in [-0.15, -0.1) is 0 Å². The maximum absolute atomic E-state index is 5.52. The molecule has 1 heteroatoms. The van der Waals surface area contributed by atoms with Gasteiger partial charge in [0.25, 0.3) is 0 Å². The first kappa shape index (κ1) is 12.0. The van der Waals surface area contributed by atoms with Gasteiger partial charge in [0.1, 0.15) is 0 Å². The van der Waals surface area contributed by atoms with Crippen molar-refractivity contribution in [3.8, 4) is 0 Å². The molecular formula is C14H21N. The van der Waals surface area contributed by atoms with Crippen molar-refractivity contribution < 1.29 is 0 Å². The molecule has 0 aliphatic carbocycles. The molecule has 0 radical (unpaired) electrons. The molecule has 1 nitrogen and oxygen atoms in total. The van der Waals surface area contributed by atoms with Crippen molar-refractivity contribution in [3.63, 3.8) is 0 Å². The maximum Gasteiger partial charge on any atom is -0.00399 e. The summed E-state index contributed by atoms with van der Waals surface area (Å²) in [7, 11) is 0. The first-order valence-corrected chi connectivity index (χ1v) is 5.48. The van der Waals surface area contributed by atoms with E-state index in [4.69, 9.17) is 5.73 Å². The third kappa shape index (κ3) is 3.21. The zero-order valence-electron chi connectivity index (χ0n) is 10.1. The Balaban J connectivity index is 2.90. The Morgan fingerprint density at radius 1 is 1.20 bits per heavy atom. The lowest BCUT2D eigenvalue weighted by atomic mass is 9.94. The Morgan fingerprint density at radius 3 is 2.20 bits per heavy atom. The summed E-state index contributed by atoms with van der Waals surface area (Å²) in [5.41, 5.74) is 12.2. The smallest absolute Gasteiger partial charge is 0.00399 e. The Kier molecular flexibility index (Phi) is 4.10. The standard InChI is InChI=1S/C14H21N/c1-10(5-6-15)9-14-12(3)7-11(2)8-13(14)4/h7-8H,1,5-6,9,15H2,2-4H3. The maximum atomic E-state index is 5.52. The molecule has 1 rings (SSSR count). The number of rotatable bonds is 4. The van der Waals surface area contributed by atoms with Crippen LogP contribution in [0.5, 0.6) is 0 Å². The molecule has 2 N–H and O–H groups in total. The highest BCUT2D eigenvalue weighted by Gasteiger charge is 2.05. The average Bonchev–Trinajstić information content (AvgIpc) is 2.11. The number of nitrogens with two attached hydrogens (primary N) is 1. The minimum Gasteiger partial charge on any atom is -0.330 e. The minimum absolute atomic E-state index is 0.697. The molecule has 0 spiro atoms. The van der Waals surface area contributed by atoms with Gasteiger partial charge in [0.2, 0.25) is 0 Å². The van der Waals surface area contributed by atoms with E-state index in [1.54, 1.807) is 0 Å². The topological polar surface area (TPSA) is 26.0 Å². The van der Waals surface area contributed by atoms with Crippen molar-refractivity contribution in [1.29, 1.82) is 0 Å². The Labute approximate surface area is 93.0 Å². The summed E-state index contributed by atoms with van der Waals surface area (Å²) in [6, 6.07) is 4.47. The minimum atomic E-state index is 0.697. The van der Waals surface area contributed by atoms with E-state index < -0.39 is 0 Å². The van der Waals surface area contributed by atoms with E-state index in [0.717, 1.165) is 12.8 Å². The van der Waals surface area contributed by atoms with Crippen LogP contribution < -0.4 is 5.73 Å². The lowest BCUT2D eigenvalue weighted by molar-refractivity contribution is 0.906. The normalized spacial score (nSPS) is 10.4. The molecule has 0 aliphatic heterocycles. The van der Waals surface area contributed by atoms with E-state index in [-0.39, 0.29) is 0 Å². The van der Waals surface area contributed by atoms with Crippen molar-refractivity contribution >= 4 is 0 Å². The van der Waals surface area contributed by atoms with Crippen LogP contribution in [0.4, 0.5) is 0 Å². The molecule has 82 valence electrons. The van der Waals surface area contributed by atoms with Gasteiger partial charge in [-0.3, -0.25) is 0 Å². The van der Waals surface area contributed by atoms with Gasteiger partial charge >= 0.3 is 0 Å². The zero-order chi connectivity index (χ0) is 11.4. The summed E-state index contributed by atoms with van der Waals surface area (Å²) in [5, 5.41) is 0. The number of hydrogen-bond acceptors (Lipinski definition) is 1. The SMILES string of the molecule is C=C(CCN)Cc1c(C)cc(C)cc1C. The van der Waals surface area contributed by atoms with Gasteiger partial charge in [0, 0.05) is 0 Å². The van der Waals surface area contributed by atoms with Gasteiger partial charge in [-0.05, 0) is 56.8 Å². The van der Waals surface area contributed by atoms with Crippen LogP contribution in [-0.2, 0) is 6.42 Å². The van der Waals surface area contributed by atoms with Crippen molar-refractivity contribution in [2.45, 2.75) is 33.6 Å². The molecule has 0 bridgehead atoms. The van der Waals surface area contributed by atoms with Crippen LogP contribution in [0, 0.1) is 20.8 Å². The van der Waals surface area contributed by atoms with E-state index >= 15 is 0 Å². The highest BCUT2D eigenvalue weighted by atomic mass is 14.5. The summed E-state index contributed by atoms with van der Waals surface area (Å²) < 4.78 is 0. The average molecular weight is 203 g/mol. The van der Waals surface area contributed by atoms with Crippen molar-refractivity contribution in [1.82, 2.24) is 0 Å². The van der Waals surface area contributed by atoms with Crippen LogP contribution in [0.3, 0.4) is 0 Å². The van der Waals surface area contributed by atoms with E-state index in [9.17, 15) is 0 Å². The van der Waals surface area contributed by atoms with E-state index in [1.165, 1.54) is 27.8 Å². The molecule has 0 fully saturated rings. The van der Waals surface area contributed by atoms with Crippen LogP contribution >= 0.6 is 0 Å². The molecule has 0 unspecified atom stereocenters. The second kappa shape index (κ2) is 5.13. The second-order valence-corrected chi connectivity index (χ2v) is 4.34. The fourth-order valence-electron chi connectivity index (χ4n) is 2.03. The Hall–Kier alpha value is -1.08. The molecule has 15 heavy (non-hydrogen) atoms. The molecule has 0 aromatic heterocycles. The molecular weight excluding hydrogens is 182 g/mol. The Morgan fingerprint density at radius 2 is 1.73 bits per heavy atom. The van der Waals surface area contributed by atoms with E-state index in [2.05, 4.69) is 39.5 Å².